The van der Waals surface area contributed by atoms with Crippen molar-refractivity contribution in [3.63, 3.8) is 0 Å². The van der Waals surface area contributed by atoms with Crippen LogP contribution in [0.3, 0.4) is 0 Å². The summed E-state index contributed by atoms with van der Waals surface area (Å²) in [5, 5.41) is 4.54. The molecule has 0 aliphatic carbocycles. The Morgan fingerprint density at radius 1 is 0.968 bits per heavy atom. The fraction of sp³-hybridized carbons (Fsp3) is 0.375. The van der Waals surface area contributed by atoms with Crippen LogP contribution in [-0.2, 0) is 13.1 Å². The predicted octanol–water partition coefficient (Wildman–Crippen LogP) is 3.53. The van der Waals surface area contributed by atoms with Crippen LogP contribution in [-0.4, -0.2) is 49.4 Å². The number of ether oxygens (including phenoxy) is 2. The van der Waals surface area contributed by atoms with E-state index in [1.165, 1.54) is 12.1 Å². The quantitative estimate of drug-likeness (QED) is 0.656. The molecular formula is C24H27FN4O2. The first-order valence-electron chi connectivity index (χ1n) is 10.9. The summed E-state index contributed by atoms with van der Waals surface area (Å²) >= 11 is 0. The second-order valence-corrected chi connectivity index (χ2v) is 8.02. The predicted molar refractivity (Wildman–Crippen MR) is 119 cm³/mol. The van der Waals surface area contributed by atoms with E-state index in [4.69, 9.17) is 14.5 Å². The van der Waals surface area contributed by atoms with Gasteiger partial charge in [0.15, 0.2) is 11.5 Å². The molecule has 1 N–H and O–H groups in total. The summed E-state index contributed by atoms with van der Waals surface area (Å²) in [6, 6.07) is 12.8. The maximum Gasteiger partial charge on any atom is 0.231 e. The number of anilines is 1. The summed E-state index contributed by atoms with van der Waals surface area (Å²) in [6.07, 6.45) is 0. The zero-order valence-corrected chi connectivity index (χ0v) is 17.7. The number of nitrogens with zero attached hydrogens (tertiary/aromatic N) is 3. The molecule has 31 heavy (non-hydrogen) atoms. The van der Waals surface area contributed by atoms with Gasteiger partial charge in [0.05, 0.1) is 5.52 Å². The lowest BCUT2D eigenvalue weighted by atomic mass is 10.1. The number of nitrogens with one attached hydrogen (secondary N) is 1. The summed E-state index contributed by atoms with van der Waals surface area (Å²) in [5.74, 6) is 2.33. The Bertz CT molecular complexity index is 1070. The maximum absolute atomic E-state index is 13.2. The van der Waals surface area contributed by atoms with Crippen molar-refractivity contribution >= 4 is 16.7 Å². The van der Waals surface area contributed by atoms with E-state index in [0.29, 0.717) is 13.1 Å². The van der Waals surface area contributed by atoms with Crippen LogP contribution in [0, 0.1) is 5.82 Å². The van der Waals surface area contributed by atoms with E-state index in [1.54, 1.807) is 0 Å². The Hall–Kier alpha value is -2.90. The van der Waals surface area contributed by atoms with Crippen LogP contribution in [0.1, 0.15) is 18.1 Å². The Morgan fingerprint density at radius 2 is 1.71 bits per heavy atom. The highest BCUT2D eigenvalue weighted by atomic mass is 19.1. The number of hydrogen-bond donors (Lipinski definition) is 1. The Balaban J connectivity index is 1.42. The molecule has 2 aliphatic heterocycles. The van der Waals surface area contributed by atoms with Crippen LogP contribution in [0.15, 0.2) is 42.5 Å². The Kier molecular flexibility index (Phi) is 5.61. The number of likely N-dealkylation sites (N-methyl/N-ethyl adjacent to an activating group) is 1. The minimum Gasteiger partial charge on any atom is -0.454 e. The monoisotopic (exact) mass is 422 g/mol. The molecular weight excluding hydrogens is 395 g/mol. The molecule has 1 fully saturated rings. The molecule has 0 spiro atoms. The third-order valence-corrected chi connectivity index (χ3v) is 6.04. The van der Waals surface area contributed by atoms with E-state index in [2.05, 4.69) is 28.1 Å². The first-order chi connectivity index (χ1) is 15.2. The van der Waals surface area contributed by atoms with Crippen molar-refractivity contribution in [2.75, 3.05) is 44.4 Å². The number of piperazine rings is 1. The van der Waals surface area contributed by atoms with Gasteiger partial charge in [-0.2, -0.15) is 0 Å². The van der Waals surface area contributed by atoms with E-state index in [1.807, 2.05) is 24.3 Å². The largest absolute Gasteiger partial charge is 0.454 e. The molecule has 0 saturated carbocycles. The highest BCUT2D eigenvalue weighted by Crippen LogP contribution is 2.37. The molecule has 3 aromatic rings. The normalized spacial score (nSPS) is 16.3. The lowest BCUT2D eigenvalue weighted by molar-refractivity contribution is 0.174. The van der Waals surface area contributed by atoms with Crippen molar-refractivity contribution in [1.29, 1.82) is 0 Å². The van der Waals surface area contributed by atoms with Crippen LogP contribution in [0.25, 0.3) is 10.9 Å². The highest BCUT2D eigenvalue weighted by Gasteiger charge is 2.22. The van der Waals surface area contributed by atoms with Crippen molar-refractivity contribution < 1.29 is 13.9 Å². The second-order valence-electron chi connectivity index (χ2n) is 8.02. The fourth-order valence-corrected chi connectivity index (χ4v) is 4.22. The molecule has 0 bridgehead atoms. The van der Waals surface area contributed by atoms with Crippen molar-refractivity contribution in [3.8, 4) is 11.5 Å². The average molecular weight is 423 g/mol. The average Bonchev–Trinajstić information content (AvgIpc) is 3.26. The van der Waals surface area contributed by atoms with Gasteiger partial charge in [-0.3, -0.25) is 0 Å². The summed E-state index contributed by atoms with van der Waals surface area (Å²) in [6.45, 7) is 8.89. The van der Waals surface area contributed by atoms with E-state index in [0.717, 1.165) is 72.1 Å². The third kappa shape index (κ3) is 4.29. The van der Waals surface area contributed by atoms with E-state index >= 15 is 0 Å². The summed E-state index contributed by atoms with van der Waals surface area (Å²) < 4.78 is 24.3. The highest BCUT2D eigenvalue weighted by molar-refractivity contribution is 5.85. The number of pyridine rings is 1. The smallest absolute Gasteiger partial charge is 0.231 e. The van der Waals surface area contributed by atoms with E-state index < -0.39 is 0 Å². The first kappa shape index (κ1) is 20.0. The number of hydrogen-bond acceptors (Lipinski definition) is 6. The molecule has 0 unspecified atom stereocenters. The third-order valence-electron chi connectivity index (χ3n) is 6.04. The molecule has 5 rings (SSSR count). The number of halogens is 1. The standard InChI is InChI=1S/C24H27FN4O2/c1-2-28-7-9-29(10-8-28)24-19(15-26-14-17-3-5-20(25)6-4-17)11-18-12-22-23(31-16-30-22)13-21(18)27-24/h3-6,11-13,26H,2,7-10,14-16H2,1H3. The summed E-state index contributed by atoms with van der Waals surface area (Å²) in [4.78, 5) is 9.89. The number of benzene rings is 2. The van der Waals surface area contributed by atoms with Crippen molar-refractivity contribution in [1.82, 2.24) is 15.2 Å². The molecule has 1 saturated heterocycles. The first-order valence-corrected chi connectivity index (χ1v) is 10.9. The van der Waals surface area contributed by atoms with Gasteiger partial charge in [0.1, 0.15) is 11.6 Å². The molecule has 0 amide bonds. The van der Waals surface area contributed by atoms with Crippen molar-refractivity contribution in [3.05, 3.63) is 59.4 Å². The van der Waals surface area contributed by atoms with Crippen LogP contribution in [0.2, 0.25) is 0 Å². The SMILES string of the molecule is CCN1CCN(c2nc3cc4c(cc3cc2CNCc2ccc(F)cc2)OCO4)CC1. The molecule has 1 aromatic heterocycles. The van der Waals surface area contributed by atoms with Crippen molar-refractivity contribution in [2.24, 2.45) is 0 Å². The molecule has 162 valence electrons. The van der Waals surface area contributed by atoms with Crippen LogP contribution < -0.4 is 19.7 Å². The summed E-state index contributed by atoms with van der Waals surface area (Å²) in [7, 11) is 0. The molecule has 0 radical (unpaired) electrons. The van der Waals surface area contributed by atoms with Gasteiger partial charge in [-0.25, -0.2) is 9.37 Å². The van der Waals surface area contributed by atoms with Gasteiger partial charge < -0.3 is 24.6 Å². The number of fused-ring (bicyclic) bond motifs is 2. The van der Waals surface area contributed by atoms with Crippen LogP contribution >= 0.6 is 0 Å². The topological polar surface area (TPSA) is 49.9 Å². The number of aromatic nitrogens is 1. The van der Waals surface area contributed by atoms with Crippen molar-refractivity contribution in [2.45, 2.75) is 20.0 Å². The molecule has 2 aromatic carbocycles. The second kappa shape index (κ2) is 8.69. The molecule has 0 atom stereocenters. The van der Waals surface area contributed by atoms with Gasteiger partial charge in [0, 0.05) is 56.3 Å². The van der Waals surface area contributed by atoms with Gasteiger partial charge in [0.2, 0.25) is 6.79 Å². The van der Waals surface area contributed by atoms with Gasteiger partial charge >= 0.3 is 0 Å². The number of rotatable bonds is 6. The van der Waals surface area contributed by atoms with Gasteiger partial charge in [-0.05, 0) is 36.4 Å². The van der Waals surface area contributed by atoms with Gasteiger partial charge in [0.25, 0.3) is 0 Å². The van der Waals surface area contributed by atoms with E-state index in [-0.39, 0.29) is 12.6 Å². The van der Waals surface area contributed by atoms with Gasteiger partial charge in [-0.15, -0.1) is 0 Å². The maximum atomic E-state index is 13.2. The molecule has 6 nitrogen and oxygen atoms in total. The Labute approximate surface area is 181 Å². The lowest BCUT2D eigenvalue weighted by Gasteiger charge is -2.35. The zero-order chi connectivity index (χ0) is 21.2. The minimum atomic E-state index is -0.213. The zero-order valence-electron chi connectivity index (χ0n) is 17.7. The molecule has 7 heteroatoms. The lowest BCUT2D eigenvalue weighted by Crippen LogP contribution is -2.46. The van der Waals surface area contributed by atoms with Gasteiger partial charge in [-0.1, -0.05) is 19.1 Å². The van der Waals surface area contributed by atoms with E-state index in [9.17, 15) is 4.39 Å². The van der Waals surface area contributed by atoms with Crippen LogP contribution in [0.5, 0.6) is 11.5 Å². The molecule has 2 aliphatic rings. The fourth-order valence-electron chi connectivity index (χ4n) is 4.22. The minimum absolute atomic E-state index is 0.213. The van der Waals surface area contributed by atoms with Crippen LogP contribution in [0.4, 0.5) is 10.2 Å². The Morgan fingerprint density at radius 3 is 2.45 bits per heavy atom. The summed E-state index contributed by atoms with van der Waals surface area (Å²) in [5.41, 5.74) is 3.12. The molecule has 3 heterocycles.